The lowest BCUT2D eigenvalue weighted by molar-refractivity contribution is 0.0602. The summed E-state index contributed by atoms with van der Waals surface area (Å²) >= 11 is 0. The minimum atomic E-state index is -0.557. The average molecular weight is 280 g/mol. The van der Waals surface area contributed by atoms with Crippen LogP contribution in [0.15, 0.2) is 12.1 Å². The zero-order chi connectivity index (χ0) is 14.9. The lowest BCUT2D eigenvalue weighted by atomic mass is 9.97. The van der Waals surface area contributed by atoms with Gasteiger partial charge < -0.3 is 15.8 Å². The van der Waals surface area contributed by atoms with E-state index in [2.05, 4.69) is 23.9 Å². The number of halogens is 1. The van der Waals surface area contributed by atoms with Crippen molar-refractivity contribution in [2.45, 2.75) is 32.7 Å². The summed E-state index contributed by atoms with van der Waals surface area (Å²) in [6.45, 7) is 4.36. The van der Waals surface area contributed by atoms with Gasteiger partial charge in [0.05, 0.1) is 18.4 Å². The van der Waals surface area contributed by atoms with Crippen LogP contribution in [0.2, 0.25) is 0 Å². The van der Waals surface area contributed by atoms with E-state index in [0.29, 0.717) is 17.5 Å². The van der Waals surface area contributed by atoms with Gasteiger partial charge in [-0.15, -0.1) is 0 Å². The van der Waals surface area contributed by atoms with Gasteiger partial charge in [0, 0.05) is 11.7 Å². The van der Waals surface area contributed by atoms with Crippen molar-refractivity contribution in [3.63, 3.8) is 0 Å². The SMILES string of the molecule is COC(=O)c1cc(NC2CCC(C)C2C)c(F)cc1N. The zero-order valence-electron chi connectivity index (χ0n) is 12.1. The lowest BCUT2D eigenvalue weighted by Crippen LogP contribution is -2.25. The predicted octanol–water partition coefficient (Wildman–Crippen LogP) is 3.04. The van der Waals surface area contributed by atoms with Crippen molar-refractivity contribution in [2.24, 2.45) is 11.8 Å². The third-order valence-electron chi connectivity index (χ3n) is 4.35. The van der Waals surface area contributed by atoms with Crippen molar-refractivity contribution in [3.05, 3.63) is 23.5 Å². The summed E-state index contributed by atoms with van der Waals surface area (Å²) in [7, 11) is 1.28. The topological polar surface area (TPSA) is 64.3 Å². The first-order chi connectivity index (χ1) is 9.43. The molecular weight excluding hydrogens is 259 g/mol. The minimum Gasteiger partial charge on any atom is -0.465 e. The maximum Gasteiger partial charge on any atom is 0.340 e. The first-order valence-electron chi connectivity index (χ1n) is 6.88. The molecule has 110 valence electrons. The summed E-state index contributed by atoms with van der Waals surface area (Å²) in [6.07, 6.45) is 2.12. The summed E-state index contributed by atoms with van der Waals surface area (Å²) < 4.78 is 18.6. The average Bonchev–Trinajstić information content (AvgIpc) is 2.72. The summed E-state index contributed by atoms with van der Waals surface area (Å²) in [5.74, 6) is 0.0817. The van der Waals surface area contributed by atoms with Crippen molar-refractivity contribution in [3.8, 4) is 0 Å². The van der Waals surface area contributed by atoms with Gasteiger partial charge in [0.25, 0.3) is 0 Å². The van der Waals surface area contributed by atoms with Crippen LogP contribution in [0.25, 0.3) is 0 Å². The molecular formula is C15H21FN2O2. The standard InChI is InChI=1S/C15H21FN2O2/c1-8-4-5-13(9(8)2)18-14-6-10(15(19)20-3)12(17)7-11(14)16/h6-9,13,18H,4-5,17H2,1-3H3. The summed E-state index contributed by atoms with van der Waals surface area (Å²) in [6, 6.07) is 2.82. The number of nitrogens with one attached hydrogen (secondary N) is 1. The monoisotopic (exact) mass is 280 g/mol. The number of ether oxygens (including phenoxy) is 1. The molecule has 4 nitrogen and oxygen atoms in total. The van der Waals surface area contributed by atoms with Gasteiger partial charge in [-0.25, -0.2) is 9.18 Å². The van der Waals surface area contributed by atoms with Gasteiger partial charge in [-0.05, 0) is 36.8 Å². The molecule has 0 spiro atoms. The van der Waals surface area contributed by atoms with Crippen LogP contribution >= 0.6 is 0 Å². The van der Waals surface area contributed by atoms with Crippen molar-refractivity contribution in [1.29, 1.82) is 0 Å². The van der Waals surface area contributed by atoms with E-state index in [1.54, 1.807) is 0 Å². The molecule has 0 heterocycles. The Bertz CT molecular complexity index is 519. The van der Waals surface area contributed by atoms with E-state index in [9.17, 15) is 9.18 Å². The Labute approximate surface area is 118 Å². The predicted molar refractivity (Wildman–Crippen MR) is 77.1 cm³/mol. The molecule has 0 aromatic heterocycles. The van der Waals surface area contributed by atoms with Crippen molar-refractivity contribution in [1.82, 2.24) is 0 Å². The van der Waals surface area contributed by atoms with Gasteiger partial charge in [-0.1, -0.05) is 13.8 Å². The zero-order valence-corrected chi connectivity index (χ0v) is 12.1. The van der Waals surface area contributed by atoms with Crippen molar-refractivity contribution in [2.75, 3.05) is 18.2 Å². The Kier molecular flexibility index (Phi) is 4.16. The van der Waals surface area contributed by atoms with Crippen LogP contribution in [0.4, 0.5) is 15.8 Å². The molecule has 1 aliphatic carbocycles. The van der Waals surface area contributed by atoms with E-state index in [1.807, 2.05) is 0 Å². The number of carbonyl (C=O) groups is 1. The number of carbonyl (C=O) groups excluding carboxylic acids is 1. The summed E-state index contributed by atoms with van der Waals surface area (Å²) in [4.78, 5) is 11.6. The molecule has 20 heavy (non-hydrogen) atoms. The number of hydrogen-bond donors (Lipinski definition) is 2. The molecule has 1 aromatic rings. The minimum absolute atomic E-state index is 0.0905. The molecule has 1 aromatic carbocycles. The largest absolute Gasteiger partial charge is 0.465 e. The highest BCUT2D eigenvalue weighted by Crippen LogP contribution is 2.34. The van der Waals surface area contributed by atoms with Crippen LogP contribution in [-0.2, 0) is 4.74 Å². The van der Waals surface area contributed by atoms with Crippen LogP contribution in [0, 0.1) is 17.7 Å². The fourth-order valence-electron chi connectivity index (χ4n) is 2.75. The van der Waals surface area contributed by atoms with Crippen LogP contribution in [0.1, 0.15) is 37.0 Å². The highest BCUT2D eigenvalue weighted by Gasteiger charge is 2.30. The second kappa shape index (κ2) is 5.69. The Hall–Kier alpha value is -1.78. The summed E-state index contributed by atoms with van der Waals surface area (Å²) in [5, 5.41) is 3.20. The van der Waals surface area contributed by atoms with E-state index >= 15 is 0 Å². The molecule has 0 bridgehead atoms. The molecule has 1 aliphatic rings. The molecule has 5 heteroatoms. The number of anilines is 2. The second-order valence-corrected chi connectivity index (χ2v) is 5.58. The molecule has 2 rings (SSSR count). The maximum absolute atomic E-state index is 14.0. The van der Waals surface area contributed by atoms with Gasteiger partial charge in [0.2, 0.25) is 0 Å². The molecule has 0 saturated heterocycles. The van der Waals surface area contributed by atoms with E-state index in [0.717, 1.165) is 18.9 Å². The normalized spacial score (nSPS) is 25.5. The van der Waals surface area contributed by atoms with Crippen molar-refractivity contribution >= 4 is 17.3 Å². The molecule has 0 radical (unpaired) electrons. The smallest absolute Gasteiger partial charge is 0.340 e. The van der Waals surface area contributed by atoms with E-state index in [1.165, 1.54) is 13.2 Å². The Morgan fingerprint density at radius 3 is 2.65 bits per heavy atom. The number of benzene rings is 1. The summed E-state index contributed by atoms with van der Waals surface area (Å²) in [5.41, 5.74) is 6.25. The fourth-order valence-corrected chi connectivity index (χ4v) is 2.75. The third kappa shape index (κ3) is 2.71. The third-order valence-corrected chi connectivity index (χ3v) is 4.35. The number of nitrogen functional groups attached to an aromatic ring is 1. The van der Waals surface area contributed by atoms with Gasteiger partial charge in [-0.3, -0.25) is 0 Å². The van der Waals surface area contributed by atoms with E-state index in [-0.39, 0.29) is 17.3 Å². The first-order valence-corrected chi connectivity index (χ1v) is 6.88. The molecule has 0 aliphatic heterocycles. The van der Waals surface area contributed by atoms with Gasteiger partial charge in [-0.2, -0.15) is 0 Å². The molecule has 1 saturated carbocycles. The van der Waals surface area contributed by atoms with Crippen LogP contribution in [0.5, 0.6) is 0 Å². The number of esters is 1. The van der Waals surface area contributed by atoms with E-state index < -0.39 is 11.8 Å². The highest BCUT2D eigenvalue weighted by atomic mass is 19.1. The quantitative estimate of drug-likeness (QED) is 0.660. The van der Waals surface area contributed by atoms with Gasteiger partial charge in [0.15, 0.2) is 0 Å². The molecule has 3 unspecified atom stereocenters. The molecule has 3 atom stereocenters. The lowest BCUT2D eigenvalue weighted by Gasteiger charge is -2.21. The fraction of sp³-hybridized carbons (Fsp3) is 0.533. The molecule has 1 fully saturated rings. The van der Waals surface area contributed by atoms with Gasteiger partial charge in [0.1, 0.15) is 5.82 Å². The second-order valence-electron chi connectivity index (χ2n) is 5.58. The Morgan fingerprint density at radius 1 is 1.40 bits per heavy atom. The Balaban J connectivity index is 2.25. The number of hydrogen-bond acceptors (Lipinski definition) is 4. The molecule has 3 N–H and O–H groups in total. The first kappa shape index (κ1) is 14.6. The van der Waals surface area contributed by atoms with Crippen LogP contribution < -0.4 is 11.1 Å². The van der Waals surface area contributed by atoms with E-state index in [4.69, 9.17) is 5.73 Å². The maximum atomic E-state index is 14.0. The Morgan fingerprint density at radius 2 is 2.10 bits per heavy atom. The van der Waals surface area contributed by atoms with Crippen LogP contribution in [0.3, 0.4) is 0 Å². The molecule has 0 amide bonds. The number of methoxy groups -OCH3 is 1. The van der Waals surface area contributed by atoms with Crippen molar-refractivity contribution < 1.29 is 13.9 Å². The number of rotatable bonds is 3. The highest BCUT2D eigenvalue weighted by molar-refractivity contribution is 5.96. The van der Waals surface area contributed by atoms with Crippen LogP contribution in [-0.4, -0.2) is 19.1 Å². The number of nitrogens with two attached hydrogens (primary N) is 1. The van der Waals surface area contributed by atoms with Gasteiger partial charge >= 0.3 is 5.97 Å².